The van der Waals surface area contributed by atoms with E-state index in [2.05, 4.69) is 41.4 Å². The van der Waals surface area contributed by atoms with Crippen molar-refractivity contribution in [1.82, 2.24) is 10.2 Å². The van der Waals surface area contributed by atoms with Crippen molar-refractivity contribution in [2.45, 2.75) is 31.8 Å². The highest BCUT2D eigenvalue weighted by Gasteiger charge is 2.28. The van der Waals surface area contributed by atoms with Gasteiger partial charge < -0.3 is 5.32 Å². The first-order valence-corrected chi connectivity index (χ1v) is 8.55. The highest BCUT2D eigenvalue weighted by Crippen LogP contribution is 2.29. The second kappa shape index (κ2) is 6.19. The number of hydrogen-bond donors (Lipinski definition) is 1. The molecule has 1 saturated carbocycles. The summed E-state index contributed by atoms with van der Waals surface area (Å²) < 4.78 is 0. The van der Waals surface area contributed by atoms with Crippen LogP contribution >= 0.6 is 11.8 Å². The van der Waals surface area contributed by atoms with E-state index in [0.29, 0.717) is 18.6 Å². The van der Waals surface area contributed by atoms with Gasteiger partial charge >= 0.3 is 0 Å². The summed E-state index contributed by atoms with van der Waals surface area (Å²) in [7, 11) is 0. The van der Waals surface area contributed by atoms with Crippen LogP contribution in [-0.4, -0.2) is 41.4 Å². The number of thioether (sulfide) groups is 1. The van der Waals surface area contributed by atoms with Gasteiger partial charge in [-0.15, -0.1) is 0 Å². The van der Waals surface area contributed by atoms with Crippen molar-refractivity contribution in [1.29, 1.82) is 0 Å². The predicted octanol–water partition coefficient (Wildman–Crippen LogP) is 2.36. The molecule has 1 saturated heterocycles. The number of carbonyl (C=O) groups excluding carboxylic acids is 1. The molecule has 20 heavy (non-hydrogen) atoms. The third-order valence-corrected chi connectivity index (χ3v) is 5.01. The fraction of sp³-hybridized carbons (Fsp3) is 0.562. The molecule has 2 fully saturated rings. The van der Waals surface area contributed by atoms with Gasteiger partial charge in [0.15, 0.2) is 0 Å². The minimum absolute atomic E-state index is 0.191. The summed E-state index contributed by atoms with van der Waals surface area (Å²) >= 11 is 1.99. The van der Waals surface area contributed by atoms with Gasteiger partial charge in [0, 0.05) is 30.1 Å². The highest BCUT2D eigenvalue weighted by atomic mass is 32.2. The van der Waals surface area contributed by atoms with E-state index < -0.39 is 0 Å². The van der Waals surface area contributed by atoms with E-state index in [-0.39, 0.29) is 5.91 Å². The third-order valence-electron chi connectivity index (χ3n) is 3.99. The third kappa shape index (κ3) is 3.55. The molecule has 3 rings (SSSR count). The second-order valence-corrected chi connectivity index (χ2v) is 6.96. The second-order valence-electron chi connectivity index (χ2n) is 5.81. The van der Waals surface area contributed by atoms with Gasteiger partial charge in [0.05, 0.1) is 6.54 Å². The summed E-state index contributed by atoms with van der Waals surface area (Å²) in [6.45, 7) is 3.65. The van der Waals surface area contributed by atoms with Crippen LogP contribution < -0.4 is 5.32 Å². The molecule has 3 nitrogen and oxygen atoms in total. The van der Waals surface area contributed by atoms with E-state index in [0.717, 1.165) is 30.9 Å². The van der Waals surface area contributed by atoms with Gasteiger partial charge in [-0.3, -0.25) is 9.69 Å². The molecule has 0 unspecified atom stereocenters. The van der Waals surface area contributed by atoms with Gasteiger partial charge in [-0.05, 0) is 25.3 Å². The summed E-state index contributed by atoms with van der Waals surface area (Å²) in [6.07, 6.45) is 2.31. The first kappa shape index (κ1) is 14.0. The predicted molar refractivity (Wildman–Crippen MR) is 84.0 cm³/mol. The maximum atomic E-state index is 12.0. The van der Waals surface area contributed by atoms with Crippen LogP contribution in [0.25, 0.3) is 0 Å². The molecule has 4 heteroatoms. The maximum absolute atomic E-state index is 12.0. The topological polar surface area (TPSA) is 32.3 Å². The van der Waals surface area contributed by atoms with Gasteiger partial charge in [-0.2, -0.15) is 11.8 Å². The van der Waals surface area contributed by atoms with Crippen molar-refractivity contribution in [3.8, 4) is 0 Å². The molecule has 0 spiro atoms. The van der Waals surface area contributed by atoms with Crippen molar-refractivity contribution >= 4 is 17.7 Å². The molecule has 1 aliphatic heterocycles. The Balaban J connectivity index is 1.66. The molecule has 0 bridgehead atoms. The fourth-order valence-corrected chi connectivity index (χ4v) is 3.77. The molecule has 2 aliphatic rings. The Hall–Kier alpha value is -1.00. The van der Waals surface area contributed by atoms with Crippen LogP contribution in [0.1, 0.15) is 30.0 Å². The van der Waals surface area contributed by atoms with E-state index in [1.54, 1.807) is 0 Å². The normalized spacial score (nSPS) is 23.6. The quantitative estimate of drug-likeness (QED) is 0.924. The Morgan fingerprint density at radius 1 is 1.35 bits per heavy atom. The maximum Gasteiger partial charge on any atom is 0.234 e. The van der Waals surface area contributed by atoms with Crippen LogP contribution in [0.2, 0.25) is 0 Å². The van der Waals surface area contributed by atoms with E-state index in [4.69, 9.17) is 0 Å². The van der Waals surface area contributed by atoms with E-state index >= 15 is 0 Å². The Labute approximate surface area is 125 Å². The number of hydrogen-bond acceptors (Lipinski definition) is 3. The average molecular weight is 290 g/mol. The minimum Gasteiger partial charge on any atom is -0.352 e. The van der Waals surface area contributed by atoms with Gasteiger partial charge in [-0.1, -0.05) is 29.8 Å². The molecular weight excluding hydrogens is 268 g/mol. The lowest BCUT2D eigenvalue weighted by molar-refractivity contribution is -0.122. The van der Waals surface area contributed by atoms with E-state index in [9.17, 15) is 4.79 Å². The summed E-state index contributed by atoms with van der Waals surface area (Å²) in [4.78, 5) is 14.4. The van der Waals surface area contributed by atoms with Crippen LogP contribution in [0.3, 0.4) is 0 Å². The molecule has 1 N–H and O–H groups in total. The zero-order chi connectivity index (χ0) is 13.9. The van der Waals surface area contributed by atoms with Gasteiger partial charge in [0.25, 0.3) is 0 Å². The fourth-order valence-electron chi connectivity index (χ4n) is 2.61. The molecule has 108 valence electrons. The number of nitrogens with one attached hydrogen (secondary N) is 1. The van der Waals surface area contributed by atoms with Crippen LogP contribution in [0.15, 0.2) is 24.3 Å². The van der Waals surface area contributed by atoms with Crippen molar-refractivity contribution in [2.24, 2.45) is 0 Å². The monoisotopic (exact) mass is 290 g/mol. The summed E-state index contributed by atoms with van der Waals surface area (Å²) in [5.41, 5.74) is 2.62. The lowest BCUT2D eigenvalue weighted by Crippen LogP contribution is -2.43. The van der Waals surface area contributed by atoms with Crippen molar-refractivity contribution in [2.75, 3.05) is 24.6 Å². The Morgan fingerprint density at radius 2 is 2.10 bits per heavy atom. The van der Waals surface area contributed by atoms with Crippen LogP contribution in [0.5, 0.6) is 0 Å². The lowest BCUT2D eigenvalue weighted by atomic mass is 10.0. The van der Waals surface area contributed by atoms with Crippen LogP contribution in [0.4, 0.5) is 0 Å². The number of carbonyl (C=O) groups is 1. The summed E-state index contributed by atoms with van der Waals surface area (Å²) in [6, 6.07) is 9.57. The average Bonchev–Trinajstić information content (AvgIpc) is 3.24. The zero-order valence-electron chi connectivity index (χ0n) is 12.0. The minimum atomic E-state index is 0.191. The lowest BCUT2D eigenvalue weighted by Gasteiger charge is -2.35. The van der Waals surface area contributed by atoms with Crippen molar-refractivity contribution in [3.63, 3.8) is 0 Å². The number of nitrogens with zero attached hydrogens (tertiary/aromatic N) is 1. The largest absolute Gasteiger partial charge is 0.352 e. The number of aryl methyl sites for hydroxylation is 1. The summed E-state index contributed by atoms with van der Waals surface area (Å²) in [5, 5.41) is 3.09. The number of benzene rings is 1. The van der Waals surface area contributed by atoms with E-state index in [1.165, 1.54) is 11.1 Å². The molecule has 1 aliphatic carbocycles. The van der Waals surface area contributed by atoms with E-state index in [1.807, 2.05) is 11.8 Å². The van der Waals surface area contributed by atoms with Gasteiger partial charge in [-0.25, -0.2) is 0 Å². The number of amides is 1. The van der Waals surface area contributed by atoms with Crippen LogP contribution in [0, 0.1) is 6.92 Å². The summed E-state index contributed by atoms with van der Waals surface area (Å²) in [5.74, 6) is 2.40. The Kier molecular flexibility index (Phi) is 4.32. The molecule has 1 aromatic carbocycles. The molecule has 1 aromatic rings. The highest BCUT2D eigenvalue weighted by molar-refractivity contribution is 7.99. The van der Waals surface area contributed by atoms with Crippen molar-refractivity contribution in [3.05, 3.63) is 35.4 Å². The smallest absolute Gasteiger partial charge is 0.234 e. The Morgan fingerprint density at radius 3 is 2.80 bits per heavy atom. The standard InChI is InChI=1S/C16H22N2OS/c1-12-2-4-13(5-3-12)15-11-20-9-8-18(15)10-16(19)17-14-6-7-14/h2-5,14-15H,6-11H2,1H3,(H,17,19)/t15-/m1/s1. The molecular formula is C16H22N2OS. The molecule has 1 atom stereocenters. The first-order chi connectivity index (χ1) is 9.72. The number of rotatable bonds is 4. The van der Waals surface area contributed by atoms with Crippen molar-refractivity contribution < 1.29 is 4.79 Å². The first-order valence-electron chi connectivity index (χ1n) is 7.40. The SMILES string of the molecule is Cc1ccc([C@H]2CSCCN2CC(=O)NC2CC2)cc1. The van der Waals surface area contributed by atoms with Gasteiger partial charge in [0.1, 0.15) is 0 Å². The Bertz CT molecular complexity index is 470. The molecule has 1 amide bonds. The molecule has 0 aromatic heterocycles. The van der Waals surface area contributed by atoms with Crippen LogP contribution in [-0.2, 0) is 4.79 Å². The van der Waals surface area contributed by atoms with Gasteiger partial charge in [0.2, 0.25) is 5.91 Å². The molecule has 0 radical (unpaired) electrons. The molecule has 1 heterocycles. The zero-order valence-corrected chi connectivity index (χ0v) is 12.8.